The minimum atomic E-state index is -1.83. The predicted octanol–water partition coefficient (Wildman–Crippen LogP) is 3.12. The summed E-state index contributed by atoms with van der Waals surface area (Å²) in [6, 6.07) is 6.17. The van der Waals surface area contributed by atoms with E-state index in [0.717, 1.165) is 0 Å². The zero-order chi connectivity index (χ0) is 9.14. The van der Waals surface area contributed by atoms with Gasteiger partial charge in [-0.1, -0.05) is 29.8 Å². The maximum Gasteiger partial charge on any atom is 0.260 e. The molecule has 64 valence electrons. The van der Waals surface area contributed by atoms with Crippen LogP contribution in [0.2, 0.25) is 5.02 Å². The van der Waals surface area contributed by atoms with Crippen molar-refractivity contribution in [2.75, 3.05) is 0 Å². The molecule has 0 N–H and O–H groups in total. The highest BCUT2D eigenvalue weighted by atomic mass is 35.5. The average Bonchev–Trinajstić information content (AvgIpc) is 2.04. The number of benzene rings is 1. The van der Waals surface area contributed by atoms with Crippen molar-refractivity contribution in [3.63, 3.8) is 0 Å². The molecule has 0 spiro atoms. The van der Waals surface area contributed by atoms with Crippen LogP contribution in [-0.4, -0.2) is 5.24 Å². The molecule has 1 atom stereocenters. The van der Waals surface area contributed by atoms with Crippen molar-refractivity contribution in [2.45, 2.75) is 6.17 Å². The SMILES string of the molecule is O=C(Cl)C(F)c1ccccc1Cl. The van der Waals surface area contributed by atoms with Crippen LogP contribution >= 0.6 is 23.2 Å². The van der Waals surface area contributed by atoms with Gasteiger partial charge in [0.1, 0.15) is 0 Å². The van der Waals surface area contributed by atoms with Crippen LogP contribution in [0.4, 0.5) is 4.39 Å². The lowest BCUT2D eigenvalue weighted by atomic mass is 10.1. The fourth-order valence-electron chi connectivity index (χ4n) is 0.803. The van der Waals surface area contributed by atoms with E-state index >= 15 is 0 Å². The lowest BCUT2D eigenvalue weighted by Gasteiger charge is -2.04. The van der Waals surface area contributed by atoms with Gasteiger partial charge in [0.05, 0.1) is 0 Å². The molecule has 0 aliphatic heterocycles. The summed E-state index contributed by atoms with van der Waals surface area (Å²) in [5, 5.41) is -0.845. The maximum absolute atomic E-state index is 13.0. The van der Waals surface area contributed by atoms with E-state index in [0.29, 0.717) is 0 Å². The normalized spacial score (nSPS) is 12.6. The monoisotopic (exact) mass is 206 g/mol. The van der Waals surface area contributed by atoms with E-state index in [2.05, 4.69) is 0 Å². The van der Waals surface area contributed by atoms with E-state index in [9.17, 15) is 9.18 Å². The number of alkyl halides is 1. The van der Waals surface area contributed by atoms with E-state index in [1.165, 1.54) is 12.1 Å². The number of hydrogen-bond donors (Lipinski definition) is 0. The zero-order valence-corrected chi connectivity index (χ0v) is 7.44. The Bertz CT molecular complexity index is 301. The molecule has 0 amide bonds. The minimum Gasteiger partial charge on any atom is -0.278 e. The molecule has 0 aliphatic carbocycles. The van der Waals surface area contributed by atoms with Crippen molar-refractivity contribution in [1.29, 1.82) is 0 Å². The van der Waals surface area contributed by atoms with Crippen molar-refractivity contribution < 1.29 is 9.18 Å². The largest absolute Gasteiger partial charge is 0.278 e. The van der Waals surface area contributed by atoms with Gasteiger partial charge in [0, 0.05) is 10.6 Å². The first kappa shape index (κ1) is 9.49. The smallest absolute Gasteiger partial charge is 0.260 e. The zero-order valence-electron chi connectivity index (χ0n) is 5.93. The molecule has 1 unspecified atom stereocenters. The van der Waals surface area contributed by atoms with Crippen LogP contribution < -0.4 is 0 Å². The predicted molar refractivity (Wildman–Crippen MR) is 46.2 cm³/mol. The topological polar surface area (TPSA) is 17.1 Å². The molecule has 0 radical (unpaired) electrons. The van der Waals surface area contributed by atoms with Crippen molar-refractivity contribution in [1.82, 2.24) is 0 Å². The van der Waals surface area contributed by atoms with E-state index in [4.69, 9.17) is 23.2 Å². The third-order valence-electron chi connectivity index (χ3n) is 1.38. The van der Waals surface area contributed by atoms with Crippen LogP contribution in [0, 0.1) is 0 Å². The Morgan fingerprint density at radius 1 is 1.42 bits per heavy atom. The third kappa shape index (κ3) is 1.96. The standard InChI is InChI=1S/C8H5Cl2FO/c9-6-4-2-1-3-5(6)7(11)8(10)12/h1-4,7H. The van der Waals surface area contributed by atoms with Gasteiger partial charge in [-0.15, -0.1) is 0 Å². The van der Waals surface area contributed by atoms with E-state index in [1.807, 2.05) is 0 Å². The Labute approximate surface area is 79.1 Å². The highest BCUT2D eigenvalue weighted by Crippen LogP contribution is 2.26. The fraction of sp³-hybridized carbons (Fsp3) is 0.125. The van der Waals surface area contributed by atoms with Gasteiger partial charge in [-0.2, -0.15) is 0 Å². The number of halogens is 3. The van der Waals surface area contributed by atoms with Crippen LogP contribution in [0.5, 0.6) is 0 Å². The van der Waals surface area contributed by atoms with Crippen molar-refractivity contribution in [3.05, 3.63) is 34.9 Å². The molecule has 1 aromatic carbocycles. The lowest BCUT2D eigenvalue weighted by Crippen LogP contribution is -2.00. The van der Waals surface area contributed by atoms with Gasteiger partial charge in [-0.05, 0) is 17.7 Å². The second-order valence-corrected chi connectivity index (χ2v) is 2.97. The van der Waals surface area contributed by atoms with Gasteiger partial charge in [0.15, 0.2) is 6.17 Å². The number of rotatable bonds is 2. The maximum atomic E-state index is 13.0. The van der Waals surface area contributed by atoms with Gasteiger partial charge in [-0.3, -0.25) is 4.79 Å². The molecule has 0 saturated heterocycles. The number of hydrogen-bond acceptors (Lipinski definition) is 1. The Morgan fingerprint density at radius 3 is 2.50 bits per heavy atom. The third-order valence-corrected chi connectivity index (χ3v) is 1.91. The Hall–Kier alpha value is -0.600. The van der Waals surface area contributed by atoms with Gasteiger partial charge < -0.3 is 0 Å². The van der Waals surface area contributed by atoms with Crippen molar-refractivity contribution in [3.8, 4) is 0 Å². The first-order chi connectivity index (χ1) is 5.63. The minimum absolute atomic E-state index is 0.110. The molecule has 0 fully saturated rings. The Morgan fingerprint density at radius 2 is 2.00 bits per heavy atom. The van der Waals surface area contributed by atoms with Crippen LogP contribution in [0.25, 0.3) is 0 Å². The second kappa shape index (κ2) is 3.87. The van der Waals surface area contributed by atoms with E-state index in [-0.39, 0.29) is 10.6 Å². The van der Waals surface area contributed by atoms with E-state index in [1.54, 1.807) is 12.1 Å². The summed E-state index contributed by atoms with van der Waals surface area (Å²) < 4.78 is 13.0. The van der Waals surface area contributed by atoms with Crippen LogP contribution in [0.1, 0.15) is 11.7 Å². The molecule has 1 rings (SSSR count). The number of carbonyl (C=O) groups is 1. The van der Waals surface area contributed by atoms with Crippen molar-refractivity contribution >= 4 is 28.4 Å². The summed E-state index contributed by atoms with van der Waals surface area (Å²) in [7, 11) is 0. The quantitative estimate of drug-likeness (QED) is 0.681. The van der Waals surface area contributed by atoms with Gasteiger partial charge in [-0.25, -0.2) is 4.39 Å². The highest BCUT2D eigenvalue weighted by molar-refractivity contribution is 6.64. The number of carbonyl (C=O) groups excluding carboxylic acids is 1. The molecule has 12 heavy (non-hydrogen) atoms. The Balaban J connectivity index is 3.02. The molecule has 1 aromatic rings. The van der Waals surface area contributed by atoms with E-state index < -0.39 is 11.4 Å². The molecule has 0 aliphatic rings. The molecule has 0 heterocycles. The molecule has 0 saturated carbocycles. The van der Waals surface area contributed by atoms with Gasteiger partial charge in [0.2, 0.25) is 0 Å². The van der Waals surface area contributed by atoms with Crippen LogP contribution in [0.15, 0.2) is 24.3 Å². The first-order valence-electron chi connectivity index (χ1n) is 3.21. The van der Waals surface area contributed by atoms with Gasteiger partial charge in [0.25, 0.3) is 5.24 Å². The molecule has 1 nitrogen and oxygen atoms in total. The second-order valence-electron chi connectivity index (χ2n) is 2.19. The summed E-state index contributed by atoms with van der Waals surface area (Å²) in [6.45, 7) is 0. The summed E-state index contributed by atoms with van der Waals surface area (Å²) in [5.74, 6) is 0. The summed E-state index contributed by atoms with van der Waals surface area (Å²) in [5.41, 5.74) is 0.110. The molecule has 0 aromatic heterocycles. The fourth-order valence-corrected chi connectivity index (χ4v) is 1.15. The summed E-state index contributed by atoms with van der Waals surface area (Å²) >= 11 is 10.6. The average molecular weight is 207 g/mol. The van der Waals surface area contributed by atoms with Crippen LogP contribution in [0.3, 0.4) is 0 Å². The Kier molecular flexibility index (Phi) is 3.06. The molecule has 0 bridgehead atoms. The first-order valence-corrected chi connectivity index (χ1v) is 3.96. The highest BCUT2D eigenvalue weighted by Gasteiger charge is 2.19. The molecule has 4 heteroatoms. The summed E-state index contributed by atoms with van der Waals surface area (Å²) in [4.78, 5) is 10.4. The van der Waals surface area contributed by atoms with Gasteiger partial charge >= 0.3 is 0 Å². The summed E-state index contributed by atoms with van der Waals surface area (Å²) in [6.07, 6.45) is -1.83. The molecular weight excluding hydrogens is 202 g/mol. The molecular formula is C8H5Cl2FO. The lowest BCUT2D eigenvalue weighted by molar-refractivity contribution is -0.116. The van der Waals surface area contributed by atoms with Crippen molar-refractivity contribution in [2.24, 2.45) is 0 Å². The van der Waals surface area contributed by atoms with Crippen LogP contribution in [-0.2, 0) is 4.79 Å².